The SMILES string of the molecule is CCOC(=O)CCSc1nnc(-c2cccc(F)c2)n1C1CCCCC1. The lowest BCUT2D eigenvalue weighted by Crippen LogP contribution is -2.15. The largest absolute Gasteiger partial charge is 0.466 e. The first-order chi connectivity index (χ1) is 12.7. The first-order valence-corrected chi connectivity index (χ1v) is 10.2. The third-order valence-corrected chi connectivity index (χ3v) is 5.47. The molecule has 2 aromatic rings. The molecule has 0 saturated heterocycles. The number of ether oxygens (including phenoxy) is 1. The lowest BCUT2D eigenvalue weighted by molar-refractivity contribution is -0.142. The second-order valence-electron chi connectivity index (χ2n) is 6.38. The average Bonchev–Trinajstić information content (AvgIpc) is 3.06. The van der Waals surface area contributed by atoms with E-state index in [1.165, 1.54) is 43.2 Å². The Labute approximate surface area is 157 Å². The zero-order valence-electron chi connectivity index (χ0n) is 15.0. The minimum atomic E-state index is -0.280. The summed E-state index contributed by atoms with van der Waals surface area (Å²) in [6, 6.07) is 6.80. The molecule has 0 aliphatic heterocycles. The molecule has 1 fully saturated rings. The van der Waals surface area contributed by atoms with Gasteiger partial charge in [0.1, 0.15) is 5.82 Å². The van der Waals surface area contributed by atoms with Gasteiger partial charge in [0.15, 0.2) is 11.0 Å². The van der Waals surface area contributed by atoms with Crippen LogP contribution in [0.4, 0.5) is 4.39 Å². The number of esters is 1. The van der Waals surface area contributed by atoms with Crippen LogP contribution in [0, 0.1) is 5.82 Å². The van der Waals surface area contributed by atoms with Gasteiger partial charge >= 0.3 is 5.97 Å². The molecule has 7 heteroatoms. The van der Waals surface area contributed by atoms with Crippen LogP contribution in [0.5, 0.6) is 0 Å². The van der Waals surface area contributed by atoms with E-state index in [4.69, 9.17) is 4.74 Å². The lowest BCUT2D eigenvalue weighted by atomic mass is 9.95. The number of hydrogen-bond acceptors (Lipinski definition) is 5. The number of carbonyl (C=O) groups is 1. The molecule has 0 N–H and O–H groups in total. The number of benzene rings is 1. The van der Waals surface area contributed by atoms with Crippen molar-refractivity contribution < 1.29 is 13.9 Å². The van der Waals surface area contributed by atoms with E-state index in [0.29, 0.717) is 30.6 Å². The van der Waals surface area contributed by atoms with Crippen LogP contribution in [0.1, 0.15) is 51.5 Å². The van der Waals surface area contributed by atoms with Gasteiger partial charge in [-0.25, -0.2) is 4.39 Å². The molecule has 1 aliphatic carbocycles. The number of nitrogens with zero attached hydrogens (tertiary/aromatic N) is 3. The number of aromatic nitrogens is 3. The van der Waals surface area contributed by atoms with Gasteiger partial charge in [0.05, 0.1) is 13.0 Å². The van der Waals surface area contributed by atoms with E-state index in [-0.39, 0.29) is 11.8 Å². The van der Waals surface area contributed by atoms with E-state index >= 15 is 0 Å². The summed E-state index contributed by atoms with van der Waals surface area (Å²) in [5.41, 5.74) is 0.736. The van der Waals surface area contributed by atoms with Gasteiger partial charge < -0.3 is 4.74 Å². The molecule has 5 nitrogen and oxygen atoms in total. The normalized spacial score (nSPS) is 15.2. The van der Waals surface area contributed by atoms with E-state index in [1.807, 2.05) is 6.07 Å². The molecular formula is C19H24FN3O2S. The highest BCUT2D eigenvalue weighted by molar-refractivity contribution is 7.99. The van der Waals surface area contributed by atoms with Crippen molar-refractivity contribution >= 4 is 17.7 Å². The third-order valence-electron chi connectivity index (χ3n) is 4.53. The first-order valence-electron chi connectivity index (χ1n) is 9.18. The third kappa shape index (κ3) is 4.63. The Morgan fingerprint density at radius 2 is 2.12 bits per heavy atom. The Kier molecular flexibility index (Phi) is 6.66. The van der Waals surface area contributed by atoms with Crippen LogP contribution in [-0.4, -0.2) is 33.1 Å². The van der Waals surface area contributed by atoms with Crippen LogP contribution in [0.2, 0.25) is 0 Å². The number of thioether (sulfide) groups is 1. The maximum atomic E-state index is 13.7. The zero-order valence-corrected chi connectivity index (χ0v) is 15.8. The molecule has 0 amide bonds. The van der Waals surface area contributed by atoms with Crippen molar-refractivity contribution in [2.45, 2.75) is 56.6 Å². The van der Waals surface area contributed by atoms with Gasteiger partial charge in [-0.3, -0.25) is 9.36 Å². The average molecular weight is 377 g/mol. The summed E-state index contributed by atoms with van der Waals surface area (Å²) in [4.78, 5) is 11.6. The molecule has 1 heterocycles. The Hall–Kier alpha value is -1.89. The molecule has 1 aromatic carbocycles. The van der Waals surface area contributed by atoms with Crippen molar-refractivity contribution in [1.82, 2.24) is 14.8 Å². The van der Waals surface area contributed by atoms with E-state index in [1.54, 1.807) is 13.0 Å². The highest BCUT2D eigenvalue weighted by Crippen LogP contribution is 2.35. The summed E-state index contributed by atoms with van der Waals surface area (Å²) >= 11 is 1.51. The highest BCUT2D eigenvalue weighted by Gasteiger charge is 2.24. The summed E-state index contributed by atoms with van der Waals surface area (Å²) in [5, 5.41) is 9.48. The number of rotatable bonds is 7. The van der Waals surface area contributed by atoms with E-state index in [0.717, 1.165) is 23.6 Å². The topological polar surface area (TPSA) is 57.0 Å². The zero-order chi connectivity index (χ0) is 18.4. The fraction of sp³-hybridized carbons (Fsp3) is 0.526. The van der Waals surface area contributed by atoms with Crippen molar-refractivity contribution in [2.75, 3.05) is 12.4 Å². The van der Waals surface area contributed by atoms with Crippen LogP contribution < -0.4 is 0 Å². The highest BCUT2D eigenvalue weighted by atomic mass is 32.2. The molecule has 140 valence electrons. The van der Waals surface area contributed by atoms with Crippen LogP contribution in [0.15, 0.2) is 29.4 Å². The van der Waals surface area contributed by atoms with Gasteiger partial charge in [0.2, 0.25) is 0 Å². The summed E-state index contributed by atoms with van der Waals surface area (Å²) in [7, 11) is 0. The minimum Gasteiger partial charge on any atom is -0.466 e. The molecule has 0 unspecified atom stereocenters. The Bertz CT molecular complexity index is 744. The molecule has 0 radical (unpaired) electrons. The molecule has 0 bridgehead atoms. The predicted molar refractivity (Wildman–Crippen MR) is 99.5 cm³/mol. The van der Waals surface area contributed by atoms with Crippen LogP contribution >= 0.6 is 11.8 Å². The van der Waals surface area contributed by atoms with Crippen molar-refractivity contribution in [1.29, 1.82) is 0 Å². The van der Waals surface area contributed by atoms with Gasteiger partial charge in [0.25, 0.3) is 0 Å². The van der Waals surface area contributed by atoms with Gasteiger partial charge in [-0.2, -0.15) is 0 Å². The van der Waals surface area contributed by atoms with Crippen molar-refractivity contribution in [3.63, 3.8) is 0 Å². The molecule has 1 saturated carbocycles. The van der Waals surface area contributed by atoms with E-state index in [2.05, 4.69) is 14.8 Å². The maximum Gasteiger partial charge on any atom is 0.306 e. The van der Waals surface area contributed by atoms with Crippen molar-refractivity contribution in [3.8, 4) is 11.4 Å². The quantitative estimate of drug-likeness (QED) is 0.520. The van der Waals surface area contributed by atoms with E-state index in [9.17, 15) is 9.18 Å². The maximum absolute atomic E-state index is 13.7. The standard InChI is InChI=1S/C19H24FN3O2S/c1-2-25-17(24)11-12-26-19-22-21-18(14-7-6-8-15(20)13-14)23(19)16-9-4-3-5-10-16/h6-8,13,16H,2-5,9-12H2,1H3. The van der Waals surface area contributed by atoms with Gasteiger partial charge in [0, 0.05) is 17.4 Å². The monoisotopic (exact) mass is 377 g/mol. The van der Waals surface area contributed by atoms with E-state index < -0.39 is 0 Å². The second kappa shape index (κ2) is 9.16. The molecule has 1 aliphatic rings. The predicted octanol–water partition coefficient (Wildman–Crippen LogP) is 4.63. The summed E-state index contributed by atoms with van der Waals surface area (Å²) in [6.07, 6.45) is 6.10. The van der Waals surface area contributed by atoms with Crippen LogP contribution in [-0.2, 0) is 9.53 Å². The number of hydrogen-bond donors (Lipinski definition) is 0. The summed E-state index contributed by atoms with van der Waals surface area (Å²) in [5.74, 6) is 0.814. The second-order valence-corrected chi connectivity index (χ2v) is 7.44. The molecule has 1 aromatic heterocycles. The Balaban J connectivity index is 1.83. The molecule has 3 rings (SSSR count). The Morgan fingerprint density at radius 1 is 1.31 bits per heavy atom. The molecular weight excluding hydrogens is 353 g/mol. The fourth-order valence-corrected chi connectivity index (χ4v) is 4.25. The van der Waals surface area contributed by atoms with Gasteiger partial charge in [-0.15, -0.1) is 10.2 Å². The van der Waals surface area contributed by atoms with Gasteiger partial charge in [-0.1, -0.05) is 43.2 Å². The van der Waals surface area contributed by atoms with Gasteiger partial charge in [-0.05, 0) is 31.9 Å². The Morgan fingerprint density at radius 3 is 2.85 bits per heavy atom. The van der Waals surface area contributed by atoms with Crippen molar-refractivity contribution in [2.24, 2.45) is 0 Å². The molecule has 0 spiro atoms. The smallest absolute Gasteiger partial charge is 0.306 e. The molecule has 26 heavy (non-hydrogen) atoms. The first kappa shape index (κ1) is 18.9. The van der Waals surface area contributed by atoms with Crippen molar-refractivity contribution in [3.05, 3.63) is 30.1 Å². The summed E-state index contributed by atoms with van der Waals surface area (Å²) < 4.78 is 20.8. The van der Waals surface area contributed by atoms with Crippen LogP contribution in [0.3, 0.4) is 0 Å². The lowest BCUT2D eigenvalue weighted by Gasteiger charge is -2.25. The van der Waals surface area contributed by atoms with Crippen LogP contribution in [0.25, 0.3) is 11.4 Å². The fourth-order valence-electron chi connectivity index (χ4n) is 3.33. The number of carbonyl (C=O) groups excluding carboxylic acids is 1. The summed E-state index contributed by atoms with van der Waals surface area (Å²) in [6.45, 7) is 2.20. The minimum absolute atomic E-state index is 0.200. The number of halogens is 1. The molecule has 0 atom stereocenters.